The summed E-state index contributed by atoms with van der Waals surface area (Å²) in [6.45, 7) is 8.37. The van der Waals surface area contributed by atoms with Crippen LogP contribution in [-0.2, 0) is 14.2 Å². The molecule has 3 atom stereocenters. The van der Waals surface area contributed by atoms with E-state index in [1.807, 2.05) is 0 Å². The fourth-order valence-electron chi connectivity index (χ4n) is 1.72. The number of hydrogen-bond donors (Lipinski definition) is 1. The van der Waals surface area contributed by atoms with Crippen molar-refractivity contribution in [2.75, 3.05) is 26.9 Å². The van der Waals surface area contributed by atoms with E-state index in [4.69, 9.17) is 14.2 Å². The van der Waals surface area contributed by atoms with Gasteiger partial charge in [-0.25, -0.2) is 0 Å². The van der Waals surface area contributed by atoms with Crippen molar-refractivity contribution in [3.8, 4) is 0 Å². The zero-order valence-electron chi connectivity index (χ0n) is 11.4. The van der Waals surface area contributed by atoms with E-state index in [2.05, 4.69) is 20.8 Å². The van der Waals surface area contributed by atoms with E-state index < -0.39 is 0 Å². The maximum Gasteiger partial charge on any atom is 0.110 e. The molecule has 1 fully saturated rings. The van der Waals surface area contributed by atoms with Crippen LogP contribution < -0.4 is 0 Å². The van der Waals surface area contributed by atoms with Crippen molar-refractivity contribution in [3.05, 3.63) is 0 Å². The van der Waals surface area contributed by atoms with E-state index in [-0.39, 0.29) is 23.7 Å². The second-order valence-corrected chi connectivity index (χ2v) is 5.85. The Morgan fingerprint density at radius 2 is 1.82 bits per heavy atom. The van der Waals surface area contributed by atoms with Gasteiger partial charge < -0.3 is 19.3 Å². The number of aliphatic hydroxyl groups is 1. The molecule has 0 bridgehead atoms. The topological polar surface area (TPSA) is 47.9 Å². The van der Waals surface area contributed by atoms with Crippen molar-refractivity contribution in [2.45, 2.75) is 51.9 Å². The lowest BCUT2D eigenvalue weighted by Gasteiger charge is -2.41. The quantitative estimate of drug-likeness (QED) is 0.693. The molecule has 0 saturated heterocycles. The van der Waals surface area contributed by atoms with Gasteiger partial charge in [0.25, 0.3) is 0 Å². The lowest BCUT2D eigenvalue weighted by Crippen LogP contribution is -2.54. The van der Waals surface area contributed by atoms with Crippen molar-refractivity contribution in [1.29, 1.82) is 0 Å². The summed E-state index contributed by atoms with van der Waals surface area (Å²) >= 11 is 0. The predicted octanol–water partition coefficient (Wildman–Crippen LogP) is 1.60. The zero-order chi connectivity index (χ0) is 12.9. The first kappa shape index (κ1) is 14.9. The van der Waals surface area contributed by atoms with E-state index in [9.17, 15) is 5.11 Å². The van der Waals surface area contributed by atoms with Crippen LogP contribution in [0, 0.1) is 5.41 Å². The molecule has 0 amide bonds. The molecule has 1 aliphatic carbocycles. The highest BCUT2D eigenvalue weighted by molar-refractivity contribution is 4.92. The van der Waals surface area contributed by atoms with Gasteiger partial charge in [-0.05, 0) is 11.8 Å². The van der Waals surface area contributed by atoms with Gasteiger partial charge >= 0.3 is 0 Å². The summed E-state index contributed by atoms with van der Waals surface area (Å²) in [6, 6.07) is 0. The minimum atomic E-state index is -0.383. The first-order chi connectivity index (χ1) is 7.94. The second kappa shape index (κ2) is 6.69. The van der Waals surface area contributed by atoms with Gasteiger partial charge in [0.15, 0.2) is 0 Å². The summed E-state index contributed by atoms with van der Waals surface area (Å²) in [6.07, 6.45) is 1.19. The van der Waals surface area contributed by atoms with Crippen molar-refractivity contribution in [2.24, 2.45) is 5.41 Å². The summed E-state index contributed by atoms with van der Waals surface area (Å²) < 4.78 is 16.2. The minimum Gasteiger partial charge on any atom is -0.390 e. The monoisotopic (exact) mass is 246 g/mol. The van der Waals surface area contributed by atoms with E-state index >= 15 is 0 Å². The molecule has 0 spiro atoms. The first-order valence-electron chi connectivity index (χ1n) is 6.34. The lowest BCUT2D eigenvalue weighted by atomic mass is 9.87. The van der Waals surface area contributed by atoms with Crippen LogP contribution in [0.5, 0.6) is 0 Å². The van der Waals surface area contributed by atoms with Gasteiger partial charge in [-0.1, -0.05) is 20.8 Å². The molecule has 0 radical (unpaired) electrons. The van der Waals surface area contributed by atoms with Gasteiger partial charge in [0.05, 0.1) is 25.4 Å². The normalized spacial score (nSPS) is 29.1. The lowest BCUT2D eigenvalue weighted by molar-refractivity contribution is -0.196. The zero-order valence-corrected chi connectivity index (χ0v) is 11.4. The third kappa shape index (κ3) is 5.34. The standard InChI is InChI=1S/C13H26O4/c1-13(2,3)5-6-16-11-9-10(14)12(11)17-8-7-15-4/h10-12,14H,5-9H2,1-4H3. The number of methoxy groups -OCH3 is 1. The smallest absolute Gasteiger partial charge is 0.110 e. The SMILES string of the molecule is COCCOC1C(O)CC1OCCC(C)(C)C. The van der Waals surface area contributed by atoms with Gasteiger partial charge in [0.2, 0.25) is 0 Å². The number of ether oxygens (including phenoxy) is 3. The van der Waals surface area contributed by atoms with Crippen LogP contribution in [0.1, 0.15) is 33.6 Å². The average molecular weight is 246 g/mol. The van der Waals surface area contributed by atoms with Crippen molar-refractivity contribution in [3.63, 3.8) is 0 Å². The Morgan fingerprint density at radius 1 is 1.12 bits per heavy atom. The summed E-state index contributed by atoms with van der Waals surface area (Å²) in [5.74, 6) is 0. The molecule has 102 valence electrons. The average Bonchev–Trinajstić information content (AvgIpc) is 2.21. The third-order valence-corrected chi connectivity index (χ3v) is 3.00. The van der Waals surface area contributed by atoms with Gasteiger partial charge in [-0.2, -0.15) is 0 Å². The van der Waals surface area contributed by atoms with Crippen molar-refractivity contribution < 1.29 is 19.3 Å². The number of rotatable bonds is 7. The molecule has 1 aliphatic rings. The summed E-state index contributed by atoms with van der Waals surface area (Å²) in [5.41, 5.74) is 0.286. The molecule has 17 heavy (non-hydrogen) atoms. The molecule has 1 N–H and O–H groups in total. The van der Waals surface area contributed by atoms with E-state index in [1.54, 1.807) is 7.11 Å². The molecule has 0 aliphatic heterocycles. The van der Waals surface area contributed by atoms with E-state index in [1.165, 1.54) is 0 Å². The van der Waals surface area contributed by atoms with Crippen LogP contribution in [0.2, 0.25) is 0 Å². The van der Waals surface area contributed by atoms with Crippen molar-refractivity contribution >= 4 is 0 Å². The Kier molecular flexibility index (Phi) is 5.86. The Hall–Kier alpha value is -0.160. The Bertz CT molecular complexity index is 212. The molecule has 3 unspecified atom stereocenters. The van der Waals surface area contributed by atoms with Gasteiger partial charge in [-0.15, -0.1) is 0 Å². The Morgan fingerprint density at radius 3 is 2.35 bits per heavy atom. The highest BCUT2D eigenvalue weighted by Gasteiger charge is 2.41. The van der Waals surface area contributed by atoms with Gasteiger partial charge in [-0.3, -0.25) is 0 Å². The molecule has 4 nitrogen and oxygen atoms in total. The molecular formula is C13H26O4. The molecule has 0 heterocycles. The van der Waals surface area contributed by atoms with Crippen molar-refractivity contribution in [1.82, 2.24) is 0 Å². The molecule has 0 aromatic heterocycles. The predicted molar refractivity (Wildman–Crippen MR) is 66.1 cm³/mol. The highest BCUT2D eigenvalue weighted by Crippen LogP contribution is 2.28. The maximum atomic E-state index is 9.59. The molecule has 0 aromatic rings. The third-order valence-electron chi connectivity index (χ3n) is 3.00. The van der Waals surface area contributed by atoms with E-state index in [0.717, 1.165) is 13.0 Å². The number of aliphatic hydroxyl groups excluding tert-OH is 1. The molecule has 1 rings (SSSR count). The van der Waals surface area contributed by atoms with E-state index in [0.29, 0.717) is 19.6 Å². The summed E-state index contributed by atoms with van der Waals surface area (Å²) in [4.78, 5) is 0. The second-order valence-electron chi connectivity index (χ2n) is 5.85. The summed E-state index contributed by atoms with van der Waals surface area (Å²) in [5, 5.41) is 9.59. The minimum absolute atomic E-state index is 0.0456. The molecular weight excluding hydrogens is 220 g/mol. The maximum absolute atomic E-state index is 9.59. The van der Waals surface area contributed by atoms with Crippen LogP contribution >= 0.6 is 0 Å². The fourth-order valence-corrected chi connectivity index (χ4v) is 1.72. The first-order valence-corrected chi connectivity index (χ1v) is 6.34. The van der Waals surface area contributed by atoms with Gasteiger partial charge in [0, 0.05) is 20.1 Å². The Balaban J connectivity index is 2.16. The molecule has 0 aromatic carbocycles. The van der Waals surface area contributed by atoms with Crippen LogP contribution in [-0.4, -0.2) is 50.3 Å². The van der Waals surface area contributed by atoms with Crippen LogP contribution in [0.4, 0.5) is 0 Å². The Labute approximate surface area is 104 Å². The van der Waals surface area contributed by atoms with Crippen LogP contribution in [0.25, 0.3) is 0 Å². The molecule has 4 heteroatoms. The van der Waals surface area contributed by atoms with Gasteiger partial charge in [0.1, 0.15) is 6.10 Å². The van der Waals surface area contributed by atoms with Crippen LogP contribution in [0.15, 0.2) is 0 Å². The summed E-state index contributed by atoms with van der Waals surface area (Å²) in [7, 11) is 1.64. The fraction of sp³-hybridized carbons (Fsp3) is 1.00. The molecule has 1 saturated carbocycles. The number of hydrogen-bond acceptors (Lipinski definition) is 4. The highest BCUT2D eigenvalue weighted by atomic mass is 16.6. The van der Waals surface area contributed by atoms with Crippen LogP contribution in [0.3, 0.4) is 0 Å². The largest absolute Gasteiger partial charge is 0.390 e.